The Morgan fingerprint density at radius 3 is 1.09 bits per heavy atom. The number of aryl methyl sites for hydroxylation is 6. The third-order valence-electron chi connectivity index (χ3n) is 4.89. The van der Waals surface area contributed by atoms with Crippen LogP contribution in [0, 0.1) is 20.8 Å². The van der Waals surface area contributed by atoms with Crippen molar-refractivity contribution in [2.75, 3.05) is 0 Å². The van der Waals surface area contributed by atoms with Crippen molar-refractivity contribution < 1.29 is 23.8 Å². The zero-order chi connectivity index (χ0) is 25.0. The normalized spacial score (nSPS) is 10.8. The van der Waals surface area contributed by atoms with E-state index in [-0.39, 0.29) is 17.2 Å². The van der Waals surface area contributed by atoms with Gasteiger partial charge in [-0.05, 0) is 0 Å². The molecule has 0 aliphatic rings. The molecule has 0 spiro atoms. The van der Waals surface area contributed by atoms with Crippen LogP contribution in [0.25, 0.3) is 0 Å². The van der Waals surface area contributed by atoms with Crippen molar-refractivity contribution >= 4 is 17.3 Å². The monoisotopic (exact) mass is 528 g/mol. The number of hydrogen-bond acceptors (Lipinski definition) is 9. The van der Waals surface area contributed by atoms with Gasteiger partial charge >= 0.3 is 203 Å². The van der Waals surface area contributed by atoms with E-state index in [1.807, 2.05) is 20.8 Å². The van der Waals surface area contributed by atoms with E-state index in [2.05, 4.69) is 0 Å². The Morgan fingerprint density at radius 1 is 0.588 bits per heavy atom. The molecular weight excluding hydrogens is 502 g/mol. The van der Waals surface area contributed by atoms with Crippen LogP contribution in [0.15, 0.2) is 45.8 Å². The molecule has 3 heterocycles. The maximum atomic E-state index is 12.7. The maximum absolute atomic E-state index is 12.7. The molecule has 0 aliphatic carbocycles. The van der Waals surface area contributed by atoms with Crippen molar-refractivity contribution in [3.05, 3.63) is 83.4 Å². The van der Waals surface area contributed by atoms with Crippen LogP contribution in [0.2, 0.25) is 0 Å². The summed E-state index contributed by atoms with van der Waals surface area (Å²) < 4.78 is 34.9. The van der Waals surface area contributed by atoms with Gasteiger partial charge in [-0.15, -0.1) is 0 Å². The van der Waals surface area contributed by atoms with Gasteiger partial charge in [0.1, 0.15) is 0 Å². The summed E-state index contributed by atoms with van der Waals surface area (Å²) in [7, 11) is 0. The van der Waals surface area contributed by atoms with Gasteiger partial charge in [0.2, 0.25) is 0 Å². The number of rotatable bonds is 9. The summed E-state index contributed by atoms with van der Waals surface area (Å²) in [6, 6.07) is 3.88. The van der Waals surface area contributed by atoms with Crippen LogP contribution >= 0.6 is 0 Å². The predicted octanol–water partition coefficient (Wildman–Crippen LogP) is 3.68. The number of hydrogen-bond donors (Lipinski definition) is 0. The Hall–Kier alpha value is -3.11. The molecule has 0 saturated heterocycles. The summed E-state index contributed by atoms with van der Waals surface area (Å²) in [5, 5.41) is 0. The molecule has 0 aliphatic heterocycles. The van der Waals surface area contributed by atoms with Gasteiger partial charge in [0.05, 0.1) is 0 Å². The first-order chi connectivity index (χ1) is 16.2. The van der Waals surface area contributed by atoms with Gasteiger partial charge in [-0.3, -0.25) is 0 Å². The van der Waals surface area contributed by atoms with Crippen LogP contribution in [0.3, 0.4) is 0 Å². The molecule has 9 nitrogen and oxygen atoms in total. The minimum absolute atomic E-state index is 0.0674. The van der Waals surface area contributed by atoms with Gasteiger partial charge in [-0.2, -0.15) is 0 Å². The Bertz CT molecular complexity index is 1180. The molecular formula is C24H27GaO9. The fourth-order valence-corrected chi connectivity index (χ4v) is 6.48. The van der Waals surface area contributed by atoms with Crippen LogP contribution in [0.1, 0.15) is 55.3 Å². The molecule has 3 rings (SSSR count). The molecule has 0 aromatic carbocycles. The third kappa shape index (κ3) is 5.68. The summed E-state index contributed by atoms with van der Waals surface area (Å²) in [5.74, 6) is 2.02. The van der Waals surface area contributed by atoms with Gasteiger partial charge in [0.15, 0.2) is 0 Å². The summed E-state index contributed by atoms with van der Waals surface area (Å²) in [6.07, 6.45) is 1.13. The average molecular weight is 529 g/mol. The first kappa shape index (κ1) is 25.5. The van der Waals surface area contributed by atoms with Gasteiger partial charge in [-0.25, -0.2) is 0 Å². The Labute approximate surface area is 202 Å². The second-order valence-electron chi connectivity index (χ2n) is 7.62. The topological polar surface area (TPSA) is 118 Å². The quantitative estimate of drug-likeness (QED) is 0.383. The fraction of sp³-hybridized carbons (Fsp3) is 0.375. The van der Waals surface area contributed by atoms with E-state index in [1.165, 1.54) is 18.2 Å². The summed E-state index contributed by atoms with van der Waals surface area (Å²) in [6.45, 7) is 10.4. The van der Waals surface area contributed by atoms with E-state index >= 15 is 0 Å². The van der Waals surface area contributed by atoms with Gasteiger partial charge in [0, 0.05) is 0 Å². The van der Waals surface area contributed by atoms with Crippen LogP contribution in [0.4, 0.5) is 0 Å². The minimum atomic E-state index is -4.07. The molecule has 0 bridgehead atoms. The van der Waals surface area contributed by atoms with Crippen LogP contribution in [0.5, 0.6) is 17.2 Å². The van der Waals surface area contributed by atoms with E-state index in [0.29, 0.717) is 53.8 Å². The first-order valence-electron chi connectivity index (χ1n) is 11.1. The molecule has 3 aromatic heterocycles. The summed E-state index contributed by atoms with van der Waals surface area (Å²) in [4.78, 5) is 38.1. The van der Waals surface area contributed by atoms with E-state index < -0.39 is 33.6 Å². The summed E-state index contributed by atoms with van der Waals surface area (Å²) >= 11 is -4.07. The first-order valence-corrected chi connectivity index (χ1v) is 14.0. The Morgan fingerprint density at radius 2 is 0.853 bits per heavy atom. The molecule has 0 saturated carbocycles. The van der Waals surface area contributed by atoms with Crippen LogP contribution < -0.4 is 26.9 Å². The third-order valence-corrected chi connectivity index (χ3v) is 7.59. The molecule has 0 amide bonds. The molecule has 0 radical (unpaired) electrons. The van der Waals surface area contributed by atoms with Crippen molar-refractivity contribution in [3.63, 3.8) is 0 Å². The van der Waals surface area contributed by atoms with Crippen molar-refractivity contribution in [2.24, 2.45) is 0 Å². The molecule has 10 heteroatoms. The Balaban J connectivity index is 2.12. The molecule has 34 heavy (non-hydrogen) atoms. The van der Waals surface area contributed by atoms with Gasteiger partial charge in [-0.1, -0.05) is 0 Å². The van der Waals surface area contributed by atoms with E-state index in [4.69, 9.17) is 23.8 Å². The predicted molar refractivity (Wildman–Crippen MR) is 125 cm³/mol. The van der Waals surface area contributed by atoms with E-state index in [9.17, 15) is 14.4 Å². The molecule has 180 valence electrons. The van der Waals surface area contributed by atoms with Crippen molar-refractivity contribution in [1.29, 1.82) is 0 Å². The van der Waals surface area contributed by atoms with Crippen LogP contribution in [-0.2, 0) is 19.3 Å². The standard InChI is InChI=1S/3C8H10O3.Ga/c3*1-3-7-8(10)6(9)4-5(2)11-7;/h3*4,10H,3H2,1-2H3;/q;;;+3/p-3. The Kier molecular flexibility index (Phi) is 8.16. The molecule has 0 atom stereocenters. The SMILES string of the molecule is CCc1oc(C)cc(=O)c1[O][Ga]([O]c1c(CC)oc(C)cc1=O)[O]c1c(CC)oc(C)cc1=O. The van der Waals surface area contributed by atoms with E-state index in [1.54, 1.807) is 20.8 Å². The second kappa shape index (κ2) is 10.9. The zero-order valence-corrected chi connectivity index (χ0v) is 22.5. The average Bonchev–Trinajstić information content (AvgIpc) is 2.77. The molecule has 0 unspecified atom stereocenters. The fourth-order valence-electron chi connectivity index (χ4n) is 3.40. The summed E-state index contributed by atoms with van der Waals surface area (Å²) in [5.41, 5.74) is -1.25. The van der Waals surface area contributed by atoms with E-state index in [0.717, 1.165) is 0 Å². The zero-order valence-electron chi connectivity index (χ0n) is 20.1. The van der Waals surface area contributed by atoms with Crippen molar-refractivity contribution in [3.8, 4) is 17.2 Å². The van der Waals surface area contributed by atoms with Gasteiger partial charge < -0.3 is 0 Å². The van der Waals surface area contributed by atoms with Crippen molar-refractivity contribution in [1.82, 2.24) is 0 Å². The molecule has 3 aromatic rings. The van der Waals surface area contributed by atoms with Crippen molar-refractivity contribution in [2.45, 2.75) is 60.8 Å². The van der Waals surface area contributed by atoms with Gasteiger partial charge in [0.25, 0.3) is 0 Å². The van der Waals surface area contributed by atoms with Crippen LogP contribution in [-0.4, -0.2) is 17.3 Å². The molecule has 0 fully saturated rings. The molecule has 0 N–H and O–H groups in total. The second-order valence-corrected chi connectivity index (χ2v) is 10.3.